The molecule has 15 nitrogen and oxygen atoms in total. The molecular weight excluding hydrogens is 892 g/mol. The van der Waals surface area contributed by atoms with E-state index in [1.807, 2.05) is 41.3 Å². The molecule has 0 unspecified atom stereocenters. The lowest BCUT2D eigenvalue weighted by Gasteiger charge is -2.39. The summed E-state index contributed by atoms with van der Waals surface area (Å²) < 4.78 is 41.9. The van der Waals surface area contributed by atoms with Crippen LogP contribution in [-0.2, 0) is 14.8 Å². The Morgan fingerprint density at radius 3 is 2.51 bits per heavy atom. The zero-order chi connectivity index (χ0) is 46.9. The first kappa shape index (κ1) is 46.4. The number of hydrogen-bond acceptors (Lipinski definition) is 12. The summed E-state index contributed by atoms with van der Waals surface area (Å²) in [6, 6.07) is 21.3. The van der Waals surface area contributed by atoms with Gasteiger partial charge in [0, 0.05) is 81.3 Å². The van der Waals surface area contributed by atoms with Crippen LogP contribution in [-0.4, -0.2) is 99.8 Å². The Morgan fingerprint density at radius 2 is 1.76 bits per heavy atom. The number of pyridine rings is 1. The number of amides is 1. The Kier molecular flexibility index (Phi) is 13.5. The van der Waals surface area contributed by atoms with Crippen molar-refractivity contribution in [3.05, 3.63) is 111 Å². The van der Waals surface area contributed by atoms with Gasteiger partial charge in [-0.3, -0.25) is 19.8 Å². The molecule has 4 aliphatic rings. The van der Waals surface area contributed by atoms with Crippen molar-refractivity contribution in [3.63, 3.8) is 0 Å². The molecule has 1 saturated carbocycles. The van der Waals surface area contributed by atoms with Crippen LogP contribution < -0.4 is 24.6 Å². The van der Waals surface area contributed by atoms with Gasteiger partial charge in [-0.05, 0) is 128 Å². The highest BCUT2D eigenvalue weighted by Crippen LogP contribution is 2.44. The molecule has 0 radical (unpaired) electrons. The van der Waals surface area contributed by atoms with E-state index in [2.05, 4.69) is 50.8 Å². The molecule has 0 bridgehead atoms. The number of nitro benzene ring substituents is 1. The summed E-state index contributed by atoms with van der Waals surface area (Å²) in [7, 11) is -2.86. The molecule has 17 heteroatoms. The maximum absolute atomic E-state index is 14.4. The van der Waals surface area contributed by atoms with Crippen LogP contribution in [0, 0.1) is 21.4 Å². The number of aromatic amines is 1. The number of nitro groups is 1. The summed E-state index contributed by atoms with van der Waals surface area (Å²) in [5.41, 5.74) is 6.99. The van der Waals surface area contributed by atoms with Gasteiger partial charge in [0.2, 0.25) is 5.88 Å². The quantitative estimate of drug-likeness (QED) is 0.0754. The molecule has 1 amide bonds. The summed E-state index contributed by atoms with van der Waals surface area (Å²) in [6.45, 7) is 10.1. The number of sulfonamides is 1. The van der Waals surface area contributed by atoms with Crippen LogP contribution >= 0.6 is 11.6 Å². The van der Waals surface area contributed by atoms with E-state index < -0.39 is 31.4 Å². The number of methoxy groups -OCH3 is 1. The standard InChI is InChI=1S/C50H59ClN8O7S/c1-50(2)19-17-36(42(30-50)34-7-9-37(51)10-8-34)32-56-22-24-57(25-23-56)38-11-15-41(44(28-38)58-21-4-26-66-49-46(58)27-35-18-20-52-47(35)54-49)48(60)55-67(63,64)40-14-16-43(45(29-40)59(61)62)53-31-33-5-12-39(65-3)13-6-33/h7-11,14-16,18,20,27-29,33,39,53H,4-6,12-13,17,19,21-26,30-32H2,1-3H3,(H,52,54)(H,55,60). The number of carbonyl (C=O) groups excluding carboxylic acids is 1. The van der Waals surface area contributed by atoms with Crippen molar-refractivity contribution >= 4 is 72.6 Å². The van der Waals surface area contributed by atoms with Crippen LogP contribution in [0.25, 0.3) is 16.6 Å². The van der Waals surface area contributed by atoms with Crippen LogP contribution in [0.1, 0.15) is 81.1 Å². The number of piperazine rings is 1. The Bertz CT molecular complexity index is 2780. The topological polar surface area (TPSA) is 175 Å². The zero-order valence-corrected chi connectivity index (χ0v) is 39.9. The summed E-state index contributed by atoms with van der Waals surface area (Å²) in [6.07, 6.45) is 9.52. The number of hydrogen-bond donors (Lipinski definition) is 3. The molecule has 9 rings (SSSR count). The molecule has 3 aromatic carbocycles. The van der Waals surface area contributed by atoms with E-state index >= 15 is 0 Å². The van der Waals surface area contributed by atoms with Gasteiger partial charge in [0.1, 0.15) is 17.0 Å². The molecule has 3 N–H and O–H groups in total. The molecule has 354 valence electrons. The van der Waals surface area contributed by atoms with Crippen LogP contribution in [0.2, 0.25) is 5.02 Å². The number of anilines is 4. The van der Waals surface area contributed by atoms with E-state index in [9.17, 15) is 23.3 Å². The van der Waals surface area contributed by atoms with Crippen molar-refractivity contribution in [2.75, 3.05) is 74.6 Å². The van der Waals surface area contributed by atoms with Gasteiger partial charge >= 0.3 is 0 Å². The number of rotatable bonds is 13. The Morgan fingerprint density at radius 1 is 0.985 bits per heavy atom. The number of nitrogens with one attached hydrogen (secondary N) is 3. The average Bonchev–Trinajstić information content (AvgIpc) is 3.69. The number of allylic oxidation sites excluding steroid dienone is 1. The second-order valence-corrected chi connectivity index (χ2v) is 21.2. The minimum Gasteiger partial charge on any atom is -0.476 e. The van der Waals surface area contributed by atoms with Crippen molar-refractivity contribution in [1.29, 1.82) is 0 Å². The highest BCUT2D eigenvalue weighted by molar-refractivity contribution is 7.90. The molecule has 2 aliphatic heterocycles. The van der Waals surface area contributed by atoms with E-state index in [4.69, 9.17) is 26.1 Å². The predicted molar refractivity (Wildman–Crippen MR) is 263 cm³/mol. The fourth-order valence-electron chi connectivity index (χ4n) is 10.1. The molecule has 2 fully saturated rings. The fourth-order valence-corrected chi connectivity index (χ4v) is 11.2. The van der Waals surface area contributed by atoms with E-state index in [0.29, 0.717) is 54.9 Å². The predicted octanol–water partition coefficient (Wildman–Crippen LogP) is 9.57. The lowest BCUT2D eigenvalue weighted by atomic mass is 9.72. The third-order valence-electron chi connectivity index (χ3n) is 14.0. The van der Waals surface area contributed by atoms with Crippen molar-refractivity contribution in [1.82, 2.24) is 19.6 Å². The number of ether oxygens (including phenoxy) is 2. The van der Waals surface area contributed by atoms with Gasteiger partial charge < -0.3 is 29.6 Å². The van der Waals surface area contributed by atoms with E-state index in [-0.39, 0.29) is 22.8 Å². The summed E-state index contributed by atoms with van der Waals surface area (Å²) in [4.78, 5) is 40.4. The monoisotopic (exact) mass is 950 g/mol. The minimum atomic E-state index is -4.57. The van der Waals surface area contributed by atoms with Gasteiger partial charge in [0.25, 0.3) is 21.6 Å². The maximum Gasteiger partial charge on any atom is 0.293 e. The van der Waals surface area contributed by atoms with Crippen molar-refractivity contribution in [2.45, 2.75) is 76.2 Å². The largest absolute Gasteiger partial charge is 0.476 e. The molecule has 0 atom stereocenters. The molecule has 67 heavy (non-hydrogen) atoms. The third kappa shape index (κ3) is 10.4. The number of halogens is 1. The second kappa shape index (κ2) is 19.5. The first-order valence-electron chi connectivity index (χ1n) is 23.3. The van der Waals surface area contributed by atoms with Crippen molar-refractivity contribution < 1.29 is 27.6 Å². The van der Waals surface area contributed by atoms with E-state index in [0.717, 1.165) is 99.8 Å². The lowest BCUT2D eigenvalue weighted by Crippen LogP contribution is -2.47. The number of carbonyl (C=O) groups is 1. The third-order valence-corrected chi connectivity index (χ3v) is 15.6. The number of fused-ring (bicyclic) bond motifs is 2. The molecule has 4 heterocycles. The van der Waals surface area contributed by atoms with Gasteiger partial charge in [-0.2, -0.15) is 4.98 Å². The van der Waals surface area contributed by atoms with Gasteiger partial charge in [-0.1, -0.05) is 43.2 Å². The fraction of sp³-hybridized carbons (Fsp3) is 0.440. The number of aromatic nitrogens is 2. The van der Waals surface area contributed by atoms with Gasteiger partial charge in [0.05, 0.1) is 33.8 Å². The zero-order valence-electron chi connectivity index (χ0n) is 38.4. The van der Waals surface area contributed by atoms with Gasteiger partial charge in [0.15, 0.2) is 0 Å². The normalized spacial score (nSPS) is 20.2. The maximum atomic E-state index is 14.4. The second-order valence-electron chi connectivity index (χ2n) is 19.1. The number of benzene rings is 3. The Labute approximate surface area is 397 Å². The molecule has 0 spiro atoms. The van der Waals surface area contributed by atoms with Gasteiger partial charge in [-0.15, -0.1) is 0 Å². The first-order valence-corrected chi connectivity index (χ1v) is 25.2. The summed E-state index contributed by atoms with van der Waals surface area (Å²) in [5.74, 6) is -0.170. The van der Waals surface area contributed by atoms with E-state index in [1.165, 1.54) is 28.8 Å². The van der Waals surface area contributed by atoms with Crippen LogP contribution in [0.5, 0.6) is 5.88 Å². The smallest absolute Gasteiger partial charge is 0.293 e. The van der Waals surface area contributed by atoms with Crippen LogP contribution in [0.3, 0.4) is 0 Å². The highest BCUT2D eigenvalue weighted by atomic mass is 35.5. The number of nitrogens with zero attached hydrogens (tertiary/aromatic N) is 5. The molecular formula is C50H59ClN8O7S. The average molecular weight is 952 g/mol. The van der Waals surface area contributed by atoms with Crippen LogP contribution in [0.4, 0.5) is 28.4 Å². The molecule has 2 aromatic heterocycles. The molecule has 5 aromatic rings. The van der Waals surface area contributed by atoms with E-state index in [1.54, 1.807) is 19.4 Å². The minimum absolute atomic E-state index is 0.117. The number of H-pyrrole nitrogens is 1. The van der Waals surface area contributed by atoms with Gasteiger partial charge in [-0.25, -0.2) is 13.1 Å². The SMILES string of the molecule is COC1CCC(CNc2ccc(S(=O)(=O)NC(=O)c3ccc(N4CCN(CC5=C(c6ccc(Cl)cc6)CC(C)(C)CC5)CC4)cc3N3CCCOc4nc5[nH]ccc5cc43)cc2[N+](=O)[O-])CC1. The first-order chi connectivity index (χ1) is 32.2. The van der Waals surface area contributed by atoms with Crippen molar-refractivity contribution in [3.8, 4) is 5.88 Å². The summed E-state index contributed by atoms with van der Waals surface area (Å²) in [5, 5.41) is 17.0. The van der Waals surface area contributed by atoms with Crippen LogP contribution in [0.15, 0.2) is 89.5 Å². The highest BCUT2D eigenvalue weighted by Gasteiger charge is 2.32. The molecule has 1 saturated heterocycles. The Balaban J connectivity index is 0.973. The lowest BCUT2D eigenvalue weighted by molar-refractivity contribution is -0.384. The summed E-state index contributed by atoms with van der Waals surface area (Å²) >= 11 is 6.28. The molecule has 2 aliphatic carbocycles. The Hall–Kier alpha value is -5.68. The van der Waals surface area contributed by atoms with Crippen molar-refractivity contribution in [2.24, 2.45) is 11.3 Å².